The second-order valence-corrected chi connectivity index (χ2v) is 13.0. The molecule has 0 radical (unpaired) electrons. The highest BCUT2D eigenvalue weighted by molar-refractivity contribution is 5.95. The summed E-state index contributed by atoms with van der Waals surface area (Å²) < 4.78 is 12.7. The molecule has 13 heteroatoms. The lowest BCUT2D eigenvalue weighted by Crippen LogP contribution is -2.41. The number of carbonyl (C=O) groups is 2. The lowest BCUT2D eigenvalue weighted by molar-refractivity contribution is -0.131. The molecule has 7 rings (SSSR count). The van der Waals surface area contributed by atoms with Gasteiger partial charge < -0.3 is 19.7 Å². The summed E-state index contributed by atoms with van der Waals surface area (Å²) in [6, 6.07) is 17.7. The highest BCUT2D eigenvalue weighted by Gasteiger charge is 2.26. The van der Waals surface area contributed by atoms with E-state index >= 15 is 0 Å². The fourth-order valence-electron chi connectivity index (χ4n) is 6.22. The first kappa shape index (κ1) is 35.4. The zero-order valence-corrected chi connectivity index (χ0v) is 29.8. The molecular formula is C38H45N9O4. The molecule has 0 unspecified atom stereocenters. The molecule has 2 amide bonds. The maximum absolute atomic E-state index is 12.6. The van der Waals surface area contributed by atoms with Crippen LogP contribution in [0.3, 0.4) is 0 Å². The number of nitrogens with one attached hydrogen (secondary N) is 2. The van der Waals surface area contributed by atoms with Gasteiger partial charge in [0.1, 0.15) is 11.5 Å². The third-order valence-corrected chi connectivity index (χ3v) is 9.13. The Morgan fingerprint density at radius 1 is 1.08 bits per heavy atom. The van der Waals surface area contributed by atoms with Gasteiger partial charge in [0, 0.05) is 74.8 Å². The van der Waals surface area contributed by atoms with Gasteiger partial charge in [-0.15, -0.1) is 0 Å². The summed E-state index contributed by atoms with van der Waals surface area (Å²) in [6.45, 7) is 9.60. The number of nitrogens with zero attached hydrogens (tertiary/aromatic N) is 7. The van der Waals surface area contributed by atoms with E-state index in [1.54, 1.807) is 18.0 Å². The molecule has 5 heterocycles. The number of aromatic amines is 1. The highest BCUT2D eigenvalue weighted by atomic mass is 16.5. The van der Waals surface area contributed by atoms with Crippen molar-refractivity contribution in [1.29, 1.82) is 0 Å². The van der Waals surface area contributed by atoms with E-state index in [0.29, 0.717) is 25.4 Å². The quantitative estimate of drug-likeness (QED) is 0.191. The van der Waals surface area contributed by atoms with Gasteiger partial charge in [-0.2, -0.15) is 10.2 Å². The van der Waals surface area contributed by atoms with Gasteiger partial charge in [-0.3, -0.25) is 24.3 Å². The van der Waals surface area contributed by atoms with Crippen molar-refractivity contribution >= 4 is 34.5 Å². The van der Waals surface area contributed by atoms with E-state index < -0.39 is 0 Å². The minimum absolute atomic E-state index is 0.0848. The van der Waals surface area contributed by atoms with E-state index in [4.69, 9.17) is 9.47 Å². The Bertz CT molecular complexity index is 1960. The molecule has 2 aromatic carbocycles. The average Bonchev–Trinajstić information content (AvgIpc) is 3.87. The van der Waals surface area contributed by atoms with Crippen LogP contribution in [-0.4, -0.2) is 104 Å². The SMILES string of the molecule is CC(C)Oc1ccc(-c2n[nH]c3ccc(NC=O)cc23)cn1.CO[C@H]1CCN(CC(=O)N2CC=C(c3ccc(-c4nc(C)n(C)n4)cc3)CC2)C1. The lowest BCUT2D eigenvalue weighted by Gasteiger charge is -2.28. The molecule has 1 atom stereocenters. The van der Waals surface area contributed by atoms with Crippen molar-refractivity contribution in [2.24, 2.45) is 7.05 Å². The Hall–Kier alpha value is -5.40. The number of ether oxygens (including phenoxy) is 2. The second kappa shape index (κ2) is 16.1. The molecule has 266 valence electrons. The maximum atomic E-state index is 12.6. The summed E-state index contributed by atoms with van der Waals surface area (Å²) in [7, 11) is 3.65. The number of fused-ring (bicyclic) bond motifs is 1. The Morgan fingerprint density at radius 2 is 1.86 bits per heavy atom. The molecule has 3 aromatic heterocycles. The lowest BCUT2D eigenvalue weighted by atomic mass is 9.98. The molecule has 1 fully saturated rings. The molecule has 2 aliphatic rings. The van der Waals surface area contributed by atoms with Crippen molar-refractivity contribution in [3.05, 3.63) is 78.3 Å². The van der Waals surface area contributed by atoms with Crippen LogP contribution in [0.25, 0.3) is 39.1 Å². The molecule has 51 heavy (non-hydrogen) atoms. The molecule has 2 N–H and O–H groups in total. The van der Waals surface area contributed by atoms with E-state index in [1.165, 1.54) is 11.1 Å². The van der Waals surface area contributed by atoms with Crippen LogP contribution in [0, 0.1) is 6.92 Å². The fourth-order valence-corrected chi connectivity index (χ4v) is 6.22. The number of carbonyl (C=O) groups excluding carboxylic acids is 2. The number of pyridine rings is 1. The van der Waals surface area contributed by atoms with Crippen molar-refractivity contribution in [2.45, 2.75) is 45.8 Å². The number of likely N-dealkylation sites (tertiary alicyclic amines) is 1. The summed E-state index contributed by atoms with van der Waals surface area (Å²) in [6.07, 6.45) is 6.81. The molecular weight excluding hydrogens is 646 g/mol. The van der Waals surface area contributed by atoms with Gasteiger partial charge in [-0.1, -0.05) is 30.3 Å². The number of hydrogen-bond donors (Lipinski definition) is 2. The zero-order chi connectivity index (χ0) is 35.9. The van der Waals surface area contributed by atoms with Crippen molar-refractivity contribution in [2.75, 3.05) is 45.2 Å². The Balaban J connectivity index is 0.000000183. The first-order valence-electron chi connectivity index (χ1n) is 17.2. The standard InChI is InChI=1S/C22H29N5O2.C16H16N4O2/c1-16-23-22(24-25(16)2)19-6-4-17(5-7-19)18-8-12-27(13-9-18)21(28)15-26-11-10-20(14-26)29-3;1-10(2)22-15-6-3-11(8-17-15)16-13-7-12(18-9-21)4-5-14(13)19-20-16/h4-8,20H,9-15H2,1-3H3;3-10H,1-2H3,(H,18,21)(H,19,20)/t20-;/m0./s1. The molecule has 1 saturated heterocycles. The summed E-state index contributed by atoms with van der Waals surface area (Å²) in [5.41, 5.74) is 6.80. The number of hydrogen-bond acceptors (Lipinski definition) is 9. The molecule has 2 aliphatic heterocycles. The maximum Gasteiger partial charge on any atom is 0.237 e. The third-order valence-electron chi connectivity index (χ3n) is 9.13. The first-order valence-corrected chi connectivity index (χ1v) is 17.2. The van der Waals surface area contributed by atoms with E-state index in [9.17, 15) is 9.59 Å². The Labute approximate surface area is 297 Å². The van der Waals surface area contributed by atoms with Crippen LogP contribution < -0.4 is 10.1 Å². The number of methoxy groups -OCH3 is 1. The van der Waals surface area contributed by atoms with E-state index in [2.05, 4.69) is 65.8 Å². The van der Waals surface area contributed by atoms with E-state index in [1.807, 2.05) is 63.1 Å². The average molecular weight is 692 g/mol. The minimum atomic E-state index is 0.0848. The van der Waals surface area contributed by atoms with Gasteiger partial charge in [-0.25, -0.2) is 9.97 Å². The monoisotopic (exact) mass is 691 g/mol. The van der Waals surface area contributed by atoms with Gasteiger partial charge in [-0.05, 0) is 69.0 Å². The van der Waals surface area contributed by atoms with Crippen LogP contribution in [0.4, 0.5) is 5.69 Å². The number of H-pyrrole nitrogens is 1. The molecule has 13 nitrogen and oxygen atoms in total. The number of anilines is 1. The number of rotatable bonds is 10. The zero-order valence-electron chi connectivity index (χ0n) is 29.8. The van der Waals surface area contributed by atoms with Crippen LogP contribution in [0.2, 0.25) is 0 Å². The largest absolute Gasteiger partial charge is 0.475 e. The van der Waals surface area contributed by atoms with Crippen LogP contribution in [-0.2, 0) is 21.4 Å². The van der Waals surface area contributed by atoms with Crippen LogP contribution in [0.5, 0.6) is 5.88 Å². The smallest absolute Gasteiger partial charge is 0.237 e. The van der Waals surface area contributed by atoms with Gasteiger partial charge in [0.25, 0.3) is 0 Å². The molecule has 0 bridgehead atoms. The van der Waals surface area contributed by atoms with Gasteiger partial charge in [0.15, 0.2) is 5.82 Å². The normalized spacial score (nSPS) is 16.2. The van der Waals surface area contributed by atoms with Gasteiger partial charge in [0.2, 0.25) is 18.2 Å². The molecule has 5 aromatic rings. The molecule has 0 spiro atoms. The van der Waals surface area contributed by atoms with Crippen LogP contribution in [0.15, 0.2) is 66.9 Å². The fraction of sp³-hybridized carbons (Fsp3) is 0.368. The number of amides is 2. The molecule has 0 saturated carbocycles. The Kier molecular flexibility index (Phi) is 11.2. The van der Waals surface area contributed by atoms with Gasteiger partial charge >= 0.3 is 0 Å². The van der Waals surface area contributed by atoms with Crippen molar-refractivity contribution in [3.8, 4) is 28.5 Å². The van der Waals surface area contributed by atoms with Gasteiger partial charge in [0.05, 0.1) is 24.3 Å². The predicted molar refractivity (Wildman–Crippen MR) is 197 cm³/mol. The topological polar surface area (TPSA) is 143 Å². The van der Waals surface area contributed by atoms with Crippen molar-refractivity contribution in [3.63, 3.8) is 0 Å². The highest BCUT2D eigenvalue weighted by Crippen LogP contribution is 2.29. The van der Waals surface area contributed by atoms with E-state index in [-0.39, 0.29) is 18.1 Å². The van der Waals surface area contributed by atoms with Crippen molar-refractivity contribution < 1.29 is 19.1 Å². The number of aromatic nitrogens is 6. The Morgan fingerprint density at radius 3 is 2.49 bits per heavy atom. The summed E-state index contributed by atoms with van der Waals surface area (Å²) in [5, 5.41) is 15.3. The van der Waals surface area contributed by atoms with Crippen LogP contribution >= 0.6 is 0 Å². The predicted octanol–water partition coefficient (Wildman–Crippen LogP) is 5.11. The van der Waals surface area contributed by atoms with Crippen molar-refractivity contribution in [1.82, 2.24) is 39.7 Å². The number of benzene rings is 2. The molecule has 0 aliphatic carbocycles. The summed E-state index contributed by atoms with van der Waals surface area (Å²) in [5.74, 6) is 2.45. The van der Waals surface area contributed by atoms with E-state index in [0.717, 1.165) is 77.5 Å². The first-order chi connectivity index (χ1) is 24.7. The second-order valence-electron chi connectivity index (χ2n) is 13.0. The summed E-state index contributed by atoms with van der Waals surface area (Å²) in [4.78, 5) is 36.1. The van der Waals surface area contributed by atoms with Crippen LogP contribution in [0.1, 0.15) is 38.1 Å². The third kappa shape index (κ3) is 8.67. The summed E-state index contributed by atoms with van der Waals surface area (Å²) >= 11 is 0. The minimum Gasteiger partial charge on any atom is -0.475 e. The number of aryl methyl sites for hydroxylation is 2.